The Balaban J connectivity index is 2.09. The number of rotatable bonds is 5. The Morgan fingerprint density at radius 1 is 1.40 bits per heavy atom. The number of aryl methyl sites for hydroxylation is 2. The molecule has 0 aliphatic carbocycles. The van der Waals surface area contributed by atoms with E-state index in [1.807, 2.05) is 38.4 Å². The van der Waals surface area contributed by atoms with Crippen molar-refractivity contribution in [2.24, 2.45) is 0 Å². The molecule has 0 atom stereocenters. The van der Waals surface area contributed by atoms with Gasteiger partial charge in [-0.3, -0.25) is 14.4 Å². The molecule has 0 N–H and O–H groups in total. The molecule has 0 unspecified atom stereocenters. The Morgan fingerprint density at radius 2 is 2.05 bits per heavy atom. The maximum atomic E-state index is 12.7. The number of nitrogens with zero attached hydrogens (tertiary/aromatic N) is 3. The van der Waals surface area contributed by atoms with Gasteiger partial charge in [-0.2, -0.15) is 5.10 Å². The van der Waals surface area contributed by atoms with E-state index in [0.29, 0.717) is 19.6 Å². The van der Waals surface area contributed by atoms with Gasteiger partial charge in [-0.1, -0.05) is 0 Å². The number of ketones is 1. The highest BCUT2D eigenvalue weighted by Gasteiger charge is 2.35. The van der Waals surface area contributed by atoms with Crippen LogP contribution in [0, 0.1) is 6.92 Å². The smallest absolute Gasteiger partial charge is 0.158 e. The summed E-state index contributed by atoms with van der Waals surface area (Å²) >= 11 is 0. The lowest BCUT2D eigenvalue weighted by atomic mass is 9.92. The van der Waals surface area contributed by atoms with E-state index < -0.39 is 5.54 Å². The van der Waals surface area contributed by atoms with Crippen LogP contribution in [-0.4, -0.2) is 52.3 Å². The lowest BCUT2D eigenvalue weighted by Gasteiger charge is -2.39. The monoisotopic (exact) mass is 279 g/mol. The van der Waals surface area contributed by atoms with Gasteiger partial charge in [0, 0.05) is 25.3 Å². The van der Waals surface area contributed by atoms with Crippen molar-refractivity contribution in [2.75, 3.05) is 26.3 Å². The van der Waals surface area contributed by atoms with E-state index >= 15 is 0 Å². The van der Waals surface area contributed by atoms with Crippen molar-refractivity contribution in [3.63, 3.8) is 0 Å². The van der Waals surface area contributed by atoms with Crippen LogP contribution in [-0.2, 0) is 22.5 Å². The van der Waals surface area contributed by atoms with Gasteiger partial charge < -0.3 is 4.74 Å². The highest BCUT2D eigenvalue weighted by Crippen LogP contribution is 2.20. The van der Waals surface area contributed by atoms with Crippen LogP contribution >= 0.6 is 0 Å². The van der Waals surface area contributed by atoms with E-state index in [1.165, 1.54) is 0 Å². The number of carbonyl (C=O) groups is 1. The van der Waals surface area contributed by atoms with Gasteiger partial charge in [0.2, 0.25) is 0 Å². The summed E-state index contributed by atoms with van der Waals surface area (Å²) in [6.07, 6.45) is 0.443. The molecule has 5 heteroatoms. The second kappa shape index (κ2) is 6.06. The maximum Gasteiger partial charge on any atom is 0.158 e. The molecule has 1 aliphatic heterocycles. The molecule has 0 radical (unpaired) electrons. The first-order chi connectivity index (χ1) is 9.45. The first-order valence-corrected chi connectivity index (χ1v) is 7.34. The van der Waals surface area contributed by atoms with Gasteiger partial charge in [-0.15, -0.1) is 0 Å². The van der Waals surface area contributed by atoms with Crippen molar-refractivity contribution >= 4 is 5.78 Å². The summed E-state index contributed by atoms with van der Waals surface area (Å²) in [7, 11) is 0. The summed E-state index contributed by atoms with van der Waals surface area (Å²) in [4.78, 5) is 14.9. The molecule has 0 saturated carbocycles. The number of ether oxygens (including phenoxy) is 1. The van der Waals surface area contributed by atoms with Crippen LogP contribution in [0.2, 0.25) is 0 Å². The average molecular weight is 279 g/mol. The predicted molar refractivity (Wildman–Crippen MR) is 77.8 cm³/mol. The number of aromatic nitrogens is 2. The molecule has 1 fully saturated rings. The summed E-state index contributed by atoms with van der Waals surface area (Å²) in [5, 5.41) is 4.41. The number of Topliss-reactive ketones (excluding diaryl/α,β-unsaturated/α-hetero) is 1. The fraction of sp³-hybridized carbons (Fsp3) is 0.733. The fourth-order valence-electron chi connectivity index (χ4n) is 2.69. The number of hydrogen-bond donors (Lipinski definition) is 0. The van der Waals surface area contributed by atoms with Crippen LogP contribution in [0.5, 0.6) is 0 Å². The van der Waals surface area contributed by atoms with Crippen LogP contribution in [0.3, 0.4) is 0 Å². The van der Waals surface area contributed by atoms with Gasteiger partial charge in [0.1, 0.15) is 0 Å². The molecule has 112 valence electrons. The summed E-state index contributed by atoms with van der Waals surface area (Å²) in [5.41, 5.74) is 1.54. The SMILES string of the molecule is CCn1nc(C)cc1CC(=O)C(C)(C)N1CCOCC1. The molecular weight excluding hydrogens is 254 g/mol. The molecule has 0 spiro atoms. The Labute approximate surface area is 120 Å². The molecule has 1 aliphatic rings. The summed E-state index contributed by atoms with van der Waals surface area (Å²) in [6.45, 7) is 11.9. The molecule has 1 aromatic rings. The Hall–Kier alpha value is -1.20. The van der Waals surface area contributed by atoms with Crippen molar-refractivity contribution in [1.29, 1.82) is 0 Å². The fourth-order valence-corrected chi connectivity index (χ4v) is 2.69. The number of morpholine rings is 1. The zero-order valence-corrected chi connectivity index (χ0v) is 13.0. The van der Waals surface area contributed by atoms with Crippen molar-refractivity contribution in [3.8, 4) is 0 Å². The summed E-state index contributed by atoms with van der Waals surface area (Å²) in [6, 6.07) is 2.01. The van der Waals surface area contributed by atoms with Crippen LogP contribution in [0.25, 0.3) is 0 Å². The molecular formula is C15H25N3O2. The second-order valence-corrected chi connectivity index (χ2v) is 5.85. The molecule has 1 aromatic heterocycles. The molecule has 2 heterocycles. The molecule has 1 saturated heterocycles. The quantitative estimate of drug-likeness (QED) is 0.818. The second-order valence-electron chi connectivity index (χ2n) is 5.85. The van der Waals surface area contributed by atoms with Crippen molar-refractivity contribution in [3.05, 3.63) is 17.5 Å². The minimum atomic E-state index is -0.444. The predicted octanol–water partition coefficient (Wildman–Crippen LogP) is 1.43. The van der Waals surface area contributed by atoms with Gasteiger partial charge in [-0.25, -0.2) is 0 Å². The lowest BCUT2D eigenvalue weighted by Crippen LogP contribution is -2.55. The Bertz CT molecular complexity index is 473. The molecule has 5 nitrogen and oxygen atoms in total. The summed E-state index contributed by atoms with van der Waals surface area (Å²) in [5.74, 6) is 0.244. The van der Waals surface area contributed by atoms with Crippen LogP contribution in [0.4, 0.5) is 0 Å². The number of hydrogen-bond acceptors (Lipinski definition) is 4. The topological polar surface area (TPSA) is 47.4 Å². The summed E-state index contributed by atoms with van der Waals surface area (Å²) < 4.78 is 7.28. The van der Waals surface area contributed by atoms with Gasteiger partial charge >= 0.3 is 0 Å². The largest absolute Gasteiger partial charge is 0.379 e. The van der Waals surface area contributed by atoms with Gasteiger partial charge in [-0.05, 0) is 33.8 Å². The van der Waals surface area contributed by atoms with Crippen molar-refractivity contribution < 1.29 is 9.53 Å². The van der Waals surface area contributed by atoms with E-state index in [1.54, 1.807) is 0 Å². The zero-order valence-electron chi connectivity index (χ0n) is 13.0. The van der Waals surface area contributed by atoms with E-state index in [4.69, 9.17) is 4.74 Å². The lowest BCUT2D eigenvalue weighted by molar-refractivity contribution is -0.131. The first kappa shape index (κ1) is 15.2. The Morgan fingerprint density at radius 3 is 2.65 bits per heavy atom. The van der Waals surface area contributed by atoms with Crippen LogP contribution < -0.4 is 0 Å². The van der Waals surface area contributed by atoms with Gasteiger partial charge in [0.15, 0.2) is 5.78 Å². The van der Waals surface area contributed by atoms with E-state index in [-0.39, 0.29) is 5.78 Å². The minimum Gasteiger partial charge on any atom is -0.379 e. The van der Waals surface area contributed by atoms with E-state index in [9.17, 15) is 4.79 Å². The van der Waals surface area contributed by atoms with Gasteiger partial charge in [0.05, 0.1) is 30.9 Å². The third-order valence-corrected chi connectivity index (χ3v) is 4.11. The highest BCUT2D eigenvalue weighted by atomic mass is 16.5. The third-order valence-electron chi connectivity index (χ3n) is 4.11. The maximum absolute atomic E-state index is 12.7. The molecule has 2 rings (SSSR count). The van der Waals surface area contributed by atoms with Crippen LogP contribution in [0.1, 0.15) is 32.2 Å². The number of carbonyl (C=O) groups excluding carboxylic acids is 1. The van der Waals surface area contributed by atoms with E-state index in [0.717, 1.165) is 31.0 Å². The molecule has 20 heavy (non-hydrogen) atoms. The molecule has 0 aromatic carbocycles. The molecule has 0 bridgehead atoms. The third kappa shape index (κ3) is 3.10. The normalized spacial score (nSPS) is 17.4. The van der Waals surface area contributed by atoms with Gasteiger partial charge in [0.25, 0.3) is 0 Å². The average Bonchev–Trinajstić information content (AvgIpc) is 2.79. The Kier molecular flexibility index (Phi) is 4.60. The first-order valence-electron chi connectivity index (χ1n) is 7.34. The van der Waals surface area contributed by atoms with Crippen molar-refractivity contribution in [2.45, 2.75) is 46.2 Å². The van der Waals surface area contributed by atoms with E-state index in [2.05, 4.69) is 10.00 Å². The standard InChI is InChI=1S/C15H25N3O2/c1-5-18-13(10-12(2)16-18)11-14(19)15(3,4)17-6-8-20-9-7-17/h10H,5-9,11H2,1-4H3. The zero-order chi connectivity index (χ0) is 14.8. The molecule has 0 amide bonds. The highest BCUT2D eigenvalue weighted by molar-refractivity contribution is 5.89. The van der Waals surface area contributed by atoms with Crippen molar-refractivity contribution in [1.82, 2.24) is 14.7 Å². The van der Waals surface area contributed by atoms with Crippen LogP contribution in [0.15, 0.2) is 6.07 Å². The minimum absolute atomic E-state index is 0.244.